The van der Waals surface area contributed by atoms with Crippen molar-refractivity contribution in [3.8, 4) is 5.69 Å². The molecule has 1 saturated carbocycles. The van der Waals surface area contributed by atoms with E-state index in [0.717, 1.165) is 55.8 Å². The van der Waals surface area contributed by atoms with Crippen molar-refractivity contribution < 1.29 is 4.79 Å². The molecule has 6 nitrogen and oxygen atoms in total. The Bertz CT molecular complexity index is 996. The molecule has 0 unspecified atom stereocenters. The van der Waals surface area contributed by atoms with Crippen molar-refractivity contribution in [3.63, 3.8) is 0 Å². The second-order valence-corrected chi connectivity index (χ2v) is 8.93. The summed E-state index contributed by atoms with van der Waals surface area (Å²) in [6.07, 6.45) is 9.45. The van der Waals surface area contributed by atoms with Crippen LogP contribution < -0.4 is 5.69 Å². The van der Waals surface area contributed by atoms with Gasteiger partial charge in [-0.3, -0.25) is 4.79 Å². The van der Waals surface area contributed by atoms with Crippen molar-refractivity contribution in [2.75, 3.05) is 13.1 Å². The average molecular weight is 393 g/mol. The maximum absolute atomic E-state index is 13.0. The lowest BCUT2D eigenvalue weighted by atomic mass is 9.89. The van der Waals surface area contributed by atoms with E-state index in [2.05, 4.69) is 27.2 Å². The topological polar surface area (TPSA) is 71.0 Å². The number of likely N-dealkylation sites (tertiary alicyclic amines) is 1. The van der Waals surface area contributed by atoms with Crippen LogP contribution >= 0.6 is 0 Å². The molecule has 6 heteroatoms. The summed E-state index contributed by atoms with van der Waals surface area (Å²) in [6, 6.07) is 7.89. The van der Waals surface area contributed by atoms with Crippen LogP contribution in [-0.4, -0.2) is 38.7 Å². The number of hydrogen-bond donors (Lipinski definition) is 1. The number of benzene rings is 1. The van der Waals surface area contributed by atoms with Crippen LogP contribution in [0.1, 0.15) is 37.1 Å². The first-order chi connectivity index (χ1) is 14.1. The number of carbonyl (C=O) groups is 1. The minimum atomic E-state index is -0.189. The Kier molecular flexibility index (Phi) is 4.64. The Morgan fingerprint density at radius 1 is 1.17 bits per heavy atom. The third kappa shape index (κ3) is 3.34. The summed E-state index contributed by atoms with van der Waals surface area (Å²) in [6.45, 7) is 3.65. The van der Waals surface area contributed by atoms with Crippen LogP contribution in [0.4, 0.5) is 0 Å². The van der Waals surface area contributed by atoms with Gasteiger partial charge >= 0.3 is 5.69 Å². The van der Waals surface area contributed by atoms with Crippen LogP contribution in [-0.2, 0) is 11.2 Å². The number of para-hydroxylation sites is 1. The number of aryl methyl sites for hydroxylation is 1. The number of nitrogens with one attached hydrogen (secondary N) is 1. The SMILES string of the molecule is Cc1ccccc1-n1c(CC2CCN(C(=O)[C@@H]3C[C@H]4C=C[C@H]3C4)CC2)n[nH]c1=O. The van der Waals surface area contributed by atoms with Crippen molar-refractivity contribution in [2.45, 2.75) is 39.0 Å². The molecule has 1 aromatic carbocycles. The molecule has 2 fully saturated rings. The molecular weight excluding hydrogens is 364 g/mol. The summed E-state index contributed by atoms with van der Waals surface area (Å²) in [7, 11) is 0. The smallest absolute Gasteiger partial charge is 0.342 e. The molecule has 5 rings (SSSR count). The van der Waals surface area contributed by atoms with E-state index in [9.17, 15) is 9.59 Å². The number of amides is 1. The quantitative estimate of drug-likeness (QED) is 0.814. The van der Waals surface area contributed by atoms with Crippen molar-refractivity contribution in [3.05, 3.63) is 58.3 Å². The molecule has 1 saturated heterocycles. The van der Waals surface area contributed by atoms with Crippen LogP contribution in [0.25, 0.3) is 5.69 Å². The van der Waals surface area contributed by atoms with Crippen LogP contribution in [0, 0.1) is 30.6 Å². The van der Waals surface area contributed by atoms with E-state index in [1.54, 1.807) is 4.57 Å². The highest BCUT2D eigenvalue weighted by molar-refractivity contribution is 5.80. The monoisotopic (exact) mass is 392 g/mol. The zero-order valence-electron chi connectivity index (χ0n) is 16.9. The minimum Gasteiger partial charge on any atom is -0.342 e. The van der Waals surface area contributed by atoms with Gasteiger partial charge < -0.3 is 4.90 Å². The average Bonchev–Trinajstić information content (AvgIpc) is 3.45. The first-order valence-corrected chi connectivity index (χ1v) is 10.8. The number of allylic oxidation sites excluding steroid dienone is 2. The van der Waals surface area contributed by atoms with E-state index in [4.69, 9.17) is 0 Å². The maximum atomic E-state index is 13.0. The van der Waals surface area contributed by atoms with Gasteiger partial charge in [0.05, 0.1) is 5.69 Å². The van der Waals surface area contributed by atoms with Crippen LogP contribution in [0.15, 0.2) is 41.2 Å². The zero-order valence-corrected chi connectivity index (χ0v) is 16.9. The summed E-state index contributed by atoms with van der Waals surface area (Å²) < 4.78 is 1.70. The minimum absolute atomic E-state index is 0.189. The molecule has 2 aliphatic carbocycles. The second-order valence-electron chi connectivity index (χ2n) is 8.93. The molecule has 2 heterocycles. The molecule has 1 N–H and O–H groups in total. The van der Waals surface area contributed by atoms with E-state index in [0.29, 0.717) is 23.7 Å². The van der Waals surface area contributed by atoms with Gasteiger partial charge in [-0.05, 0) is 62.0 Å². The third-order valence-corrected chi connectivity index (χ3v) is 7.09. The number of nitrogens with zero attached hydrogens (tertiary/aromatic N) is 3. The molecule has 0 radical (unpaired) electrons. The fourth-order valence-corrected chi connectivity index (χ4v) is 5.44. The van der Waals surface area contributed by atoms with Crippen LogP contribution in [0.2, 0.25) is 0 Å². The molecule has 2 bridgehead atoms. The fraction of sp³-hybridized carbons (Fsp3) is 0.522. The highest BCUT2D eigenvalue weighted by Crippen LogP contribution is 2.44. The molecule has 3 aliphatic rings. The summed E-state index contributed by atoms with van der Waals surface area (Å²) in [5.41, 5.74) is 1.75. The Hall–Kier alpha value is -2.63. The van der Waals surface area contributed by atoms with Crippen LogP contribution in [0.5, 0.6) is 0 Å². The predicted octanol–water partition coefficient (Wildman–Crippen LogP) is 2.86. The number of rotatable bonds is 4. The predicted molar refractivity (Wildman–Crippen MR) is 111 cm³/mol. The lowest BCUT2D eigenvalue weighted by molar-refractivity contribution is -0.137. The summed E-state index contributed by atoms with van der Waals surface area (Å²) >= 11 is 0. The third-order valence-electron chi connectivity index (χ3n) is 7.09. The van der Waals surface area contributed by atoms with Crippen molar-refractivity contribution >= 4 is 5.91 Å². The van der Waals surface area contributed by atoms with Gasteiger partial charge in [0.1, 0.15) is 5.82 Å². The number of piperidine rings is 1. The fourth-order valence-electron chi connectivity index (χ4n) is 5.44. The van der Waals surface area contributed by atoms with Gasteiger partial charge in [-0.2, -0.15) is 5.10 Å². The normalized spacial score (nSPS) is 26.4. The first-order valence-electron chi connectivity index (χ1n) is 10.8. The van der Waals surface area contributed by atoms with Crippen molar-refractivity contribution in [1.29, 1.82) is 0 Å². The summed E-state index contributed by atoms with van der Waals surface area (Å²) in [5, 5.41) is 6.93. The molecule has 1 aliphatic heterocycles. The summed E-state index contributed by atoms with van der Waals surface area (Å²) in [4.78, 5) is 27.4. The standard InChI is InChI=1S/C23H28N4O2/c1-15-4-2-3-5-20(15)27-21(24-25-23(27)29)14-16-8-10-26(11-9-16)22(28)19-13-17-6-7-18(19)12-17/h2-7,16-19H,8-14H2,1H3,(H,25,29)/t17-,18-,19+/m0/s1. The molecule has 152 valence electrons. The van der Waals surface area contributed by atoms with Crippen LogP contribution in [0.3, 0.4) is 0 Å². The zero-order chi connectivity index (χ0) is 20.0. The number of carbonyl (C=O) groups excluding carboxylic acids is 1. The maximum Gasteiger partial charge on any atom is 0.347 e. The number of fused-ring (bicyclic) bond motifs is 2. The number of aromatic amines is 1. The van der Waals surface area contributed by atoms with Gasteiger partial charge in [0.25, 0.3) is 0 Å². The number of aromatic nitrogens is 3. The second kappa shape index (κ2) is 7.32. The van der Waals surface area contributed by atoms with Gasteiger partial charge in [-0.25, -0.2) is 14.5 Å². The summed E-state index contributed by atoms with van der Waals surface area (Å²) in [5.74, 6) is 2.89. The lowest BCUT2D eigenvalue weighted by Crippen LogP contribution is -2.43. The lowest BCUT2D eigenvalue weighted by Gasteiger charge is -2.34. The van der Waals surface area contributed by atoms with Gasteiger partial charge in [0, 0.05) is 25.4 Å². The molecule has 2 aromatic rings. The van der Waals surface area contributed by atoms with E-state index in [1.165, 1.54) is 6.42 Å². The first kappa shape index (κ1) is 18.4. The Balaban J connectivity index is 1.24. The largest absolute Gasteiger partial charge is 0.347 e. The van der Waals surface area contributed by atoms with Gasteiger partial charge in [0.2, 0.25) is 5.91 Å². The molecule has 1 aromatic heterocycles. The molecule has 29 heavy (non-hydrogen) atoms. The molecule has 1 amide bonds. The van der Waals surface area contributed by atoms with Crippen molar-refractivity contribution in [2.24, 2.45) is 23.7 Å². The van der Waals surface area contributed by atoms with Gasteiger partial charge in [-0.15, -0.1) is 0 Å². The van der Waals surface area contributed by atoms with E-state index >= 15 is 0 Å². The van der Waals surface area contributed by atoms with Gasteiger partial charge in [-0.1, -0.05) is 30.4 Å². The Morgan fingerprint density at radius 2 is 1.97 bits per heavy atom. The molecular formula is C23H28N4O2. The van der Waals surface area contributed by atoms with E-state index in [1.807, 2.05) is 31.2 Å². The van der Waals surface area contributed by atoms with Gasteiger partial charge in [0.15, 0.2) is 0 Å². The molecule has 0 spiro atoms. The Labute approximate surface area is 170 Å². The van der Waals surface area contributed by atoms with E-state index < -0.39 is 0 Å². The molecule has 3 atom stereocenters. The number of H-pyrrole nitrogens is 1. The Morgan fingerprint density at radius 3 is 2.66 bits per heavy atom. The number of hydrogen-bond acceptors (Lipinski definition) is 3. The van der Waals surface area contributed by atoms with Crippen molar-refractivity contribution in [1.82, 2.24) is 19.7 Å². The van der Waals surface area contributed by atoms with E-state index in [-0.39, 0.29) is 11.6 Å². The highest BCUT2D eigenvalue weighted by atomic mass is 16.2. The highest BCUT2D eigenvalue weighted by Gasteiger charge is 2.42.